The van der Waals surface area contributed by atoms with E-state index in [4.69, 9.17) is 0 Å². The van der Waals surface area contributed by atoms with Crippen molar-refractivity contribution in [3.8, 4) is 0 Å². The minimum absolute atomic E-state index is 0.0297. The van der Waals surface area contributed by atoms with Crippen molar-refractivity contribution in [3.63, 3.8) is 0 Å². The van der Waals surface area contributed by atoms with Crippen molar-refractivity contribution in [1.29, 1.82) is 0 Å². The Morgan fingerprint density at radius 3 is 2.65 bits per heavy atom. The van der Waals surface area contributed by atoms with Gasteiger partial charge in [-0.1, -0.05) is 30.3 Å². The molecule has 2 aromatic rings. The summed E-state index contributed by atoms with van der Waals surface area (Å²) in [4.78, 5) is 29.8. The minimum atomic E-state index is -1.44. The summed E-state index contributed by atoms with van der Waals surface area (Å²) in [7, 11) is 0. The molecule has 0 bridgehead atoms. The molecule has 0 aromatic heterocycles. The lowest BCUT2D eigenvalue weighted by Gasteiger charge is -2.43. The molecule has 2 amide bonds. The van der Waals surface area contributed by atoms with Gasteiger partial charge in [-0.2, -0.15) is 5.01 Å². The number of hydrogen-bond donors (Lipinski definition) is 1. The van der Waals surface area contributed by atoms with E-state index in [0.29, 0.717) is 16.7 Å². The van der Waals surface area contributed by atoms with Gasteiger partial charge < -0.3 is 9.80 Å². The van der Waals surface area contributed by atoms with E-state index >= 15 is 4.39 Å². The number of hydrazine groups is 1. The monoisotopic (exact) mass is 422 g/mol. The van der Waals surface area contributed by atoms with Crippen LogP contribution in [0.3, 0.4) is 0 Å². The summed E-state index contributed by atoms with van der Waals surface area (Å²) in [5.74, 6) is -0.288. The van der Waals surface area contributed by atoms with Gasteiger partial charge in [0.25, 0.3) is 11.8 Å². The van der Waals surface area contributed by atoms with E-state index in [2.05, 4.69) is 10.3 Å². The number of nitrogens with zero attached hydrogens (tertiary/aromatic N) is 3. The van der Waals surface area contributed by atoms with Crippen LogP contribution >= 0.6 is 0 Å². The Morgan fingerprint density at radius 1 is 1.06 bits per heavy atom. The first-order chi connectivity index (χ1) is 15.1. The number of alkyl halides is 1. The molecule has 3 heterocycles. The molecule has 6 nitrogen and oxygen atoms in total. The molecule has 0 aliphatic carbocycles. The predicted molar refractivity (Wildman–Crippen MR) is 115 cm³/mol. The number of rotatable bonds is 5. The van der Waals surface area contributed by atoms with Crippen molar-refractivity contribution in [2.75, 3.05) is 26.2 Å². The highest BCUT2D eigenvalue weighted by atomic mass is 19.1. The molecule has 2 saturated heterocycles. The first kappa shape index (κ1) is 20.2. The SMILES string of the molecule is O=C1NN(Cc2cccc(C(=O)N3CCC3CN3CCCC3)c2)C(F)c2ccccc21. The standard InChI is InChI=1S/C24H27FN4O2/c25-22-20-8-1-2-9-21(20)23(30)26-29(22)15-17-6-5-7-18(14-17)24(31)28-13-10-19(28)16-27-11-3-4-12-27/h1-2,5-9,14,19,22H,3-4,10-13,15-16H2,(H,26,30). The maximum absolute atomic E-state index is 15.0. The quantitative estimate of drug-likeness (QED) is 0.753. The summed E-state index contributed by atoms with van der Waals surface area (Å²) < 4.78 is 15.0. The summed E-state index contributed by atoms with van der Waals surface area (Å²) in [5.41, 5.74) is 4.75. The molecule has 2 aromatic carbocycles. The Balaban J connectivity index is 1.27. The highest BCUT2D eigenvalue weighted by Gasteiger charge is 2.35. The van der Waals surface area contributed by atoms with Crippen LogP contribution in [0.15, 0.2) is 48.5 Å². The second-order valence-corrected chi connectivity index (χ2v) is 8.64. The van der Waals surface area contributed by atoms with Crippen LogP contribution in [0.25, 0.3) is 0 Å². The first-order valence-electron chi connectivity index (χ1n) is 11.0. The smallest absolute Gasteiger partial charge is 0.266 e. The lowest BCUT2D eigenvalue weighted by Crippen LogP contribution is -2.55. The van der Waals surface area contributed by atoms with E-state index < -0.39 is 6.30 Å². The fourth-order valence-corrected chi connectivity index (χ4v) is 4.77. The van der Waals surface area contributed by atoms with Gasteiger partial charge in [-0.05, 0) is 56.1 Å². The molecule has 2 fully saturated rings. The Morgan fingerprint density at radius 2 is 1.87 bits per heavy atom. The number of carbonyl (C=O) groups is 2. The fourth-order valence-electron chi connectivity index (χ4n) is 4.77. The van der Waals surface area contributed by atoms with Crippen LogP contribution in [-0.2, 0) is 6.54 Å². The van der Waals surface area contributed by atoms with E-state index in [0.717, 1.165) is 38.2 Å². The average molecular weight is 423 g/mol. The molecule has 31 heavy (non-hydrogen) atoms. The van der Waals surface area contributed by atoms with Crippen molar-refractivity contribution in [2.45, 2.75) is 38.1 Å². The van der Waals surface area contributed by atoms with E-state index in [1.54, 1.807) is 24.3 Å². The van der Waals surface area contributed by atoms with Crippen LogP contribution < -0.4 is 5.43 Å². The zero-order valence-electron chi connectivity index (χ0n) is 17.5. The molecule has 7 heteroatoms. The van der Waals surface area contributed by atoms with E-state index in [9.17, 15) is 9.59 Å². The van der Waals surface area contributed by atoms with Crippen molar-refractivity contribution in [3.05, 3.63) is 70.8 Å². The summed E-state index contributed by atoms with van der Waals surface area (Å²) >= 11 is 0. The zero-order chi connectivity index (χ0) is 21.4. The molecule has 0 saturated carbocycles. The van der Waals surface area contributed by atoms with Crippen LogP contribution in [0.2, 0.25) is 0 Å². The van der Waals surface area contributed by atoms with Crippen LogP contribution in [0, 0.1) is 0 Å². The normalized spacial score (nSPS) is 23.9. The van der Waals surface area contributed by atoms with Gasteiger partial charge in [0.05, 0.1) is 0 Å². The third kappa shape index (κ3) is 3.95. The van der Waals surface area contributed by atoms with Crippen LogP contribution in [0.1, 0.15) is 57.4 Å². The lowest BCUT2D eigenvalue weighted by atomic mass is 9.99. The molecule has 2 atom stereocenters. The topological polar surface area (TPSA) is 55.9 Å². The number of benzene rings is 2. The van der Waals surface area contributed by atoms with Gasteiger partial charge in [0.15, 0.2) is 6.30 Å². The second-order valence-electron chi connectivity index (χ2n) is 8.64. The average Bonchev–Trinajstić information content (AvgIpc) is 3.29. The molecular weight excluding hydrogens is 395 g/mol. The summed E-state index contributed by atoms with van der Waals surface area (Å²) in [6, 6.07) is 14.3. The number of halogens is 1. The highest BCUT2D eigenvalue weighted by molar-refractivity contribution is 5.96. The molecule has 0 spiro atoms. The van der Waals surface area contributed by atoms with E-state index in [1.165, 1.54) is 17.9 Å². The van der Waals surface area contributed by atoms with Crippen molar-refractivity contribution in [1.82, 2.24) is 20.2 Å². The summed E-state index contributed by atoms with van der Waals surface area (Å²) in [5, 5.41) is 1.29. The molecule has 3 aliphatic rings. The maximum atomic E-state index is 15.0. The van der Waals surface area contributed by atoms with Gasteiger partial charge in [0.2, 0.25) is 0 Å². The number of likely N-dealkylation sites (tertiary alicyclic amines) is 2. The van der Waals surface area contributed by atoms with Gasteiger partial charge in [-0.25, -0.2) is 4.39 Å². The summed E-state index contributed by atoms with van der Waals surface area (Å²) in [6.45, 7) is 4.17. The van der Waals surface area contributed by atoms with Crippen LogP contribution in [-0.4, -0.2) is 58.8 Å². The Bertz CT molecular complexity index is 991. The van der Waals surface area contributed by atoms with Crippen molar-refractivity contribution < 1.29 is 14.0 Å². The minimum Gasteiger partial charge on any atom is -0.334 e. The van der Waals surface area contributed by atoms with Gasteiger partial charge in [-0.3, -0.25) is 15.0 Å². The third-order valence-corrected chi connectivity index (χ3v) is 6.58. The zero-order valence-corrected chi connectivity index (χ0v) is 17.5. The maximum Gasteiger partial charge on any atom is 0.266 e. The number of hydrogen-bond acceptors (Lipinski definition) is 4. The first-order valence-corrected chi connectivity index (χ1v) is 11.0. The van der Waals surface area contributed by atoms with E-state index in [1.807, 2.05) is 29.2 Å². The Labute approximate surface area is 181 Å². The molecule has 1 N–H and O–H groups in total. The summed E-state index contributed by atoms with van der Waals surface area (Å²) in [6.07, 6.45) is 2.10. The van der Waals surface area contributed by atoms with Gasteiger partial charge in [0, 0.05) is 42.4 Å². The van der Waals surface area contributed by atoms with Gasteiger partial charge >= 0.3 is 0 Å². The van der Waals surface area contributed by atoms with Crippen LogP contribution in [0.5, 0.6) is 0 Å². The van der Waals surface area contributed by atoms with Crippen molar-refractivity contribution in [2.24, 2.45) is 0 Å². The number of carbonyl (C=O) groups excluding carboxylic acids is 2. The predicted octanol–water partition coefficient (Wildman–Crippen LogP) is 3.13. The Hall–Kier alpha value is -2.77. The Kier molecular flexibility index (Phi) is 5.46. The molecule has 0 radical (unpaired) electrons. The number of fused-ring (bicyclic) bond motifs is 1. The number of amides is 2. The largest absolute Gasteiger partial charge is 0.334 e. The third-order valence-electron chi connectivity index (χ3n) is 6.58. The molecule has 2 unspecified atom stereocenters. The lowest BCUT2D eigenvalue weighted by molar-refractivity contribution is 0.0122. The molecule has 5 rings (SSSR count). The second kappa shape index (κ2) is 8.40. The van der Waals surface area contributed by atoms with Crippen LogP contribution in [0.4, 0.5) is 4.39 Å². The molecule has 3 aliphatic heterocycles. The molecular formula is C24H27FN4O2. The molecule has 162 valence electrons. The van der Waals surface area contributed by atoms with E-state index in [-0.39, 0.29) is 24.4 Å². The number of nitrogens with one attached hydrogen (secondary N) is 1. The fraction of sp³-hybridized carbons (Fsp3) is 0.417. The van der Waals surface area contributed by atoms with Gasteiger partial charge in [-0.15, -0.1) is 0 Å². The van der Waals surface area contributed by atoms with Crippen molar-refractivity contribution >= 4 is 11.8 Å². The highest BCUT2D eigenvalue weighted by Crippen LogP contribution is 2.30. The van der Waals surface area contributed by atoms with Gasteiger partial charge in [0.1, 0.15) is 0 Å².